The lowest BCUT2D eigenvalue weighted by atomic mass is 10.1. The summed E-state index contributed by atoms with van der Waals surface area (Å²) in [4.78, 5) is 33.5. The number of primary sulfonamides is 1. The second-order valence-electron chi connectivity index (χ2n) is 5.31. The van der Waals surface area contributed by atoms with Crippen LogP contribution >= 0.6 is 11.3 Å². The van der Waals surface area contributed by atoms with Gasteiger partial charge in [-0.05, 0) is 18.2 Å². The van der Waals surface area contributed by atoms with Crippen LogP contribution in [0.3, 0.4) is 0 Å². The molecular formula is C14H10F3N3O7S2. The summed E-state index contributed by atoms with van der Waals surface area (Å²) in [5.74, 6) is -2.14. The smallest absolute Gasteiger partial charge is 0.416 e. The van der Waals surface area contributed by atoms with Crippen molar-refractivity contribution >= 4 is 44.6 Å². The summed E-state index contributed by atoms with van der Waals surface area (Å²) in [7, 11) is -4.03. The summed E-state index contributed by atoms with van der Waals surface area (Å²) < 4.78 is 64.6. The number of sulfonamides is 1. The van der Waals surface area contributed by atoms with E-state index in [0.29, 0.717) is 23.5 Å². The molecule has 2 rings (SSSR count). The number of rotatable bonds is 6. The lowest BCUT2D eigenvalue weighted by Gasteiger charge is -2.10. The predicted molar refractivity (Wildman–Crippen MR) is 92.7 cm³/mol. The van der Waals surface area contributed by atoms with E-state index < -0.39 is 56.5 Å². The number of halogens is 3. The van der Waals surface area contributed by atoms with Gasteiger partial charge in [0.05, 0.1) is 16.1 Å². The van der Waals surface area contributed by atoms with Gasteiger partial charge in [-0.15, -0.1) is 11.3 Å². The average molecular weight is 453 g/mol. The molecule has 0 spiro atoms. The molecule has 0 aliphatic rings. The van der Waals surface area contributed by atoms with Crippen LogP contribution in [0.5, 0.6) is 0 Å². The van der Waals surface area contributed by atoms with E-state index in [1.807, 2.05) is 5.32 Å². The van der Waals surface area contributed by atoms with Gasteiger partial charge in [-0.1, -0.05) is 0 Å². The molecule has 0 fully saturated rings. The highest BCUT2D eigenvalue weighted by Crippen LogP contribution is 2.34. The van der Waals surface area contributed by atoms with Gasteiger partial charge in [-0.3, -0.25) is 14.9 Å². The second-order valence-corrected chi connectivity index (χ2v) is 8.01. The summed E-state index contributed by atoms with van der Waals surface area (Å²) in [6.45, 7) is -0.933. The normalized spacial score (nSPS) is 11.7. The SMILES string of the molecule is NS(=O)(=O)c1cc(C(=O)OCC(=O)Nc2ccc(C(F)(F)F)cc2[N+](=O)[O-])cs1. The number of anilines is 1. The number of carbonyl (C=O) groups is 2. The van der Waals surface area contributed by atoms with Crippen LogP contribution in [0.2, 0.25) is 0 Å². The molecule has 0 aliphatic carbocycles. The Morgan fingerprint density at radius 2 is 1.93 bits per heavy atom. The van der Waals surface area contributed by atoms with Crippen molar-refractivity contribution in [3.05, 3.63) is 50.9 Å². The fraction of sp³-hybridized carbons (Fsp3) is 0.143. The van der Waals surface area contributed by atoms with E-state index in [0.717, 1.165) is 11.4 Å². The standard InChI is InChI=1S/C14H10F3N3O7S2/c15-14(16,17)8-1-2-9(10(4-8)20(23)24)19-11(21)5-27-13(22)7-3-12(28-6-7)29(18,25)26/h1-4,6H,5H2,(H,19,21)(H2,18,25,26). The van der Waals surface area contributed by atoms with Gasteiger partial charge in [0.25, 0.3) is 11.6 Å². The maximum absolute atomic E-state index is 12.7. The number of amides is 1. The topological polar surface area (TPSA) is 159 Å². The molecule has 0 unspecified atom stereocenters. The molecule has 10 nitrogen and oxygen atoms in total. The van der Waals surface area contributed by atoms with Crippen LogP contribution in [0.1, 0.15) is 15.9 Å². The monoisotopic (exact) mass is 453 g/mol. The third kappa shape index (κ3) is 5.72. The minimum absolute atomic E-state index is 0.202. The first-order chi connectivity index (χ1) is 13.3. The number of nitrogens with zero attached hydrogens (tertiary/aromatic N) is 1. The molecule has 29 heavy (non-hydrogen) atoms. The quantitative estimate of drug-likeness (QED) is 0.385. The van der Waals surface area contributed by atoms with Crippen molar-refractivity contribution in [1.29, 1.82) is 0 Å². The number of hydrogen-bond donors (Lipinski definition) is 2. The third-order valence-electron chi connectivity index (χ3n) is 3.22. The van der Waals surface area contributed by atoms with Crippen molar-refractivity contribution in [2.45, 2.75) is 10.4 Å². The molecule has 0 saturated carbocycles. The Kier molecular flexibility index (Phi) is 6.24. The number of hydrogen-bond acceptors (Lipinski definition) is 8. The van der Waals surface area contributed by atoms with E-state index in [1.165, 1.54) is 0 Å². The Morgan fingerprint density at radius 1 is 1.28 bits per heavy atom. The number of benzene rings is 1. The third-order valence-corrected chi connectivity index (χ3v) is 5.61. The number of nitrogens with one attached hydrogen (secondary N) is 1. The van der Waals surface area contributed by atoms with Gasteiger partial charge in [-0.25, -0.2) is 18.4 Å². The zero-order valence-corrected chi connectivity index (χ0v) is 15.6. The molecular weight excluding hydrogens is 443 g/mol. The largest absolute Gasteiger partial charge is 0.452 e. The Bertz CT molecular complexity index is 1080. The summed E-state index contributed by atoms with van der Waals surface area (Å²) in [5, 5.41) is 18.9. The number of thiophene rings is 1. The summed E-state index contributed by atoms with van der Waals surface area (Å²) in [5.41, 5.74) is -3.02. The number of esters is 1. The van der Waals surface area contributed by atoms with Crippen LogP contribution in [-0.2, 0) is 25.7 Å². The molecule has 1 aromatic carbocycles. The first-order valence-electron chi connectivity index (χ1n) is 7.23. The molecule has 0 saturated heterocycles. The highest BCUT2D eigenvalue weighted by molar-refractivity contribution is 7.91. The first kappa shape index (κ1) is 22.3. The zero-order valence-electron chi connectivity index (χ0n) is 13.9. The maximum atomic E-state index is 12.7. The Balaban J connectivity index is 2.06. The summed E-state index contributed by atoms with van der Waals surface area (Å²) in [6, 6.07) is 2.41. The number of ether oxygens (including phenoxy) is 1. The molecule has 3 N–H and O–H groups in total. The Labute approximate surface area is 164 Å². The van der Waals surface area contributed by atoms with Gasteiger partial charge in [-0.2, -0.15) is 13.2 Å². The minimum atomic E-state index is -4.82. The van der Waals surface area contributed by atoms with Crippen LogP contribution in [0.4, 0.5) is 24.5 Å². The average Bonchev–Trinajstić information content (AvgIpc) is 3.09. The molecule has 15 heteroatoms. The van der Waals surface area contributed by atoms with Crippen molar-refractivity contribution in [3.63, 3.8) is 0 Å². The minimum Gasteiger partial charge on any atom is -0.452 e. The molecule has 1 amide bonds. The van der Waals surface area contributed by atoms with Crippen molar-refractivity contribution in [1.82, 2.24) is 0 Å². The maximum Gasteiger partial charge on any atom is 0.416 e. The highest BCUT2D eigenvalue weighted by atomic mass is 32.2. The van der Waals surface area contributed by atoms with Gasteiger partial charge < -0.3 is 10.1 Å². The Morgan fingerprint density at radius 3 is 2.45 bits per heavy atom. The van der Waals surface area contributed by atoms with Crippen LogP contribution < -0.4 is 10.5 Å². The van der Waals surface area contributed by atoms with Gasteiger partial charge in [0, 0.05) is 11.4 Å². The fourth-order valence-electron chi connectivity index (χ4n) is 1.94. The highest BCUT2D eigenvalue weighted by Gasteiger charge is 2.33. The van der Waals surface area contributed by atoms with Gasteiger partial charge in [0.1, 0.15) is 9.90 Å². The zero-order chi connectivity index (χ0) is 22.0. The van der Waals surface area contributed by atoms with Crippen LogP contribution in [0.25, 0.3) is 0 Å². The molecule has 0 radical (unpaired) electrons. The lowest BCUT2D eigenvalue weighted by molar-refractivity contribution is -0.384. The van der Waals surface area contributed by atoms with E-state index in [4.69, 9.17) is 5.14 Å². The lowest BCUT2D eigenvalue weighted by Crippen LogP contribution is -2.21. The van der Waals surface area contributed by atoms with Crippen molar-refractivity contribution in [2.24, 2.45) is 5.14 Å². The van der Waals surface area contributed by atoms with Gasteiger partial charge >= 0.3 is 12.1 Å². The van der Waals surface area contributed by atoms with Crippen molar-refractivity contribution in [2.75, 3.05) is 11.9 Å². The molecule has 0 atom stereocenters. The van der Waals surface area contributed by atoms with E-state index in [2.05, 4.69) is 4.74 Å². The number of nitro benzene ring substituents is 1. The summed E-state index contributed by atoms with van der Waals surface area (Å²) in [6.07, 6.45) is -4.82. The molecule has 2 aromatic rings. The van der Waals surface area contributed by atoms with Gasteiger partial charge in [0.2, 0.25) is 10.0 Å². The Hall–Kier alpha value is -3.04. The fourth-order valence-corrected chi connectivity index (χ4v) is 3.51. The predicted octanol–water partition coefficient (Wildman–Crippen LogP) is 2.12. The van der Waals surface area contributed by atoms with E-state index in [9.17, 15) is 41.3 Å². The molecule has 156 valence electrons. The van der Waals surface area contributed by atoms with Crippen LogP contribution in [0.15, 0.2) is 33.9 Å². The number of nitro groups is 1. The molecule has 0 bridgehead atoms. The van der Waals surface area contributed by atoms with Gasteiger partial charge in [0.15, 0.2) is 6.61 Å². The first-order valence-corrected chi connectivity index (χ1v) is 9.65. The van der Waals surface area contributed by atoms with Crippen LogP contribution in [0, 0.1) is 10.1 Å². The molecule has 0 aliphatic heterocycles. The van der Waals surface area contributed by atoms with E-state index in [-0.39, 0.29) is 15.8 Å². The molecule has 1 aromatic heterocycles. The number of alkyl halides is 3. The van der Waals surface area contributed by atoms with Crippen LogP contribution in [-0.4, -0.2) is 31.8 Å². The second kappa shape index (κ2) is 8.14. The van der Waals surface area contributed by atoms with E-state index in [1.54, 1.807) is 0 Å². The number of nitrogens with two attached hydrogens (primary N) is 1. The molecule has 1 heterocycles. The van der Waals surface area contributed by atoms with E-state index >= 15 is 0 Å². The van der Waals surface area contributed by atoms with Crippen molar-refractivity contribution in [3.8, 4) is 0 Å². The van der Waals surface area contributed by atoms with Crippen molar-refractivity contribution < 1.29 is 40.8 Å². The summed E-state index contributed by atoms with van der Waals surface area (Å²) >= 11 is 0.649. The number of carbonyl (C=O) groups excluding carboxylic acids is 2.